The van der Waals surface area contributed by atoms with Crippen LogP contribution in [0.15, 0.2) is 0 Å². The normalized spacial score (nSPS) is 9.61. The fourth-order valence-corrected chi connectivity index (χ4v) is 1.43. The highest BCUT2D eigenvalue weighted by Crippen LogP contribution is 2.23. The number of carboxylic acids is 1. The Labute approximate surface area is 112 Å². The third-order valence-electron chi connectivity index (χ3n) is 1.37. The molecule has 0 unspecified atom stereocenters. The van der Waals surface area contributed by atoms with Crippen LogP contribution in [0, 0.1) is 11.3 Å². The second-order valence-electron chi connectivity index (χ2n) is 5.60. The lowest BCUT2D eigenvalue weighted by Crippen LogP contribution is -2.08. The molecule has 0 aliphatic heterocycles. The maximum absolute atomic E-state index is 9.82. The molecule has 0 aromatic heterocycles. The van der Waals surface area contributed by atoms with Crippen molar-refractivity contribution >= 4 is 11.9 Å². The number of carbonyl (C=O) groups excluding carboxylic acids is 1. The van der Waals surface area contributed by atoms with Gasteiger partial charge in [0.25, 0.3) is 5.97 Å². The summed E-state index contributed by atoms with van der Waals surface area (Å²) in [7, 11) is 0. The van der Waals surface area contributed by atoms with Crippen molar-refractivity contribution in [3.8, 4) is 0 Å². The summed E-state index contributed by atoms with van der Waals surface area (Å²) in [6.07, 6.45) is 1.33. The number of carbonyl (C=O) groups is 2. The van der Waals surface area contributed by atoms with E-state index in [1.807, 2.05) is 0 Å². The van der Waals surface area contributed by atoms with Crippen LogP contribution in [-0.2, 0) is 14.3 Å². The van der Waals surface area contributed by atoms with Crippen molar-refractivity contribution in [1.29, 1.82) is 0 Å². The van der Waals surface area contributed by atoms with Crippen LogP contribution in [0.3, 0.4) is 0 Å². The first-order valence-electron chi connectivity index (χ1n) is 6.25. The van der Waals surface area contributed by atoms with Gasteiger partial charge < -0.3 is 9.84 Å². The van der Waals surface area contributed by atoms with E-state index in [0.29, 0.717) is 12.0 Å². The Hall–Kier alpha value is -1.06. The van der Waals surface area contributed by atoms with Gasteiger partial charge in [-0.3, -0.25) is 9.59 Å². The Morgan fingerprint density at radius 2 is 1.50 bits per heavy atom. The van der Waals surface area contributed by atoms with Crippen molar-refractivity contribution in [2.45, 2.75) is 61.8 Å². The first-order valence-corrected chi connectivity index (χ1v) is 6.25. The van der Waals surface area contributed by atoms with Gasteiger partial charge in [-0.05, 0) is 24.7 Å². The Kier molecular flexibility index (Phi) is 15.3. The zero-order chi connectivity index (χ0) is 15.4. The van der Waals surface area contributed by atoms with Gasteiger partial charge in [-0.1, -0.05) is 34.6 Å². The second-order valence-corrected chi connectivity index (χ2v) is 5.60. The van der Waals surface area contributed by atoms with E-state index in [1.165, 1.54) is 13.3 Å². The predicted molar refractivity (Wildman–Crippen MR) is 74.5 cm³/mol. The number of hydrogen-bond acceptors (Lipinski definition) is 3. The molecule has 0 radical (unpaired) electrons. The summed E-state index contributed by atoms with van der Waals surface area (Å²) in [5.41, 5.74) is 0.522. The minimum Gasteiger partial charge on any atom is -0.481 e. The summed E-state index contributed by atoms with van der Waals surface area (Å²) in [5.74, 6) is -0.201. The first kappa shape index (κ1) is 22.1. The maximum atomic E-state index is 9.82. The van der Waals surface area contributed by atoms with Gasteiger partial charge >= 0.3 is 5.97 Å². The summed E-state index contributed by atoms with van der Waals surface area (Å²) >= 11 is 0. The summed E-state index contributed by atoms with van der Waals surface area (Å²) < 4.78 is 4.40. The number of ether oxygens (including phenoxy) is 1. The van der Waals surface area contributed by atoms with E-state index >= 15 is 0 Å². The number of aliphatic carboxylic acids is 1. The van der Waals surface area contributed by atoms with Gasteiger partial charge in [0.1, 0.15) is 0 Å². The molecule has 110 valence electrons. The molecule has 0 rings (SSSR count). The SMILES string of the molecule is CC(=O)O.CC(C)CC(C)(C)C.CCOC(C)=O. The fraction of sp³-hybridized carbons (Fsp3) is 0.857. The van der Waals surface area contributed by atoms with Crippen molar-refractivity contribution in [3.63, 3.8) is 0 Å². The highest BCUT2D eigenvalue weighted by molar-refractivity contribution is 5.65. The van der Waals surface area contributed by atoms with Crippen molar-refractivity contribution in [3.05, 3.63) is 0 Å². The molecular weight excluding hydrogens is 232 g/mol. The highest BCUT2D eigenvalue weighted by Gasteiger charge is 2.11. The Bertz CT molecular complexity index is 210. The Morgan fingerprint density at radius 3 is 1.50 bits per heavy atom. The highest BCUT2D eigenvalue weighted by atomic mass is 16.5. The third-order valence-corrected chi connectivity index (χ3v) is 1.37. The van der Waals surface area contributed by atoms with E-state index < -0.39 is 5.97 Å². The number of carboxylic acid groups (broad SMARTS) is 1. The number of esters is 1. The summed E-state index contributed by atoms with van der Waals surface area (Å²) in [6.45, 7) is 16.1. The first-order chi connectivity index (χ1) is 7.92. The van der Waals surface area contributed by atoms with Crippen LogP contribution >= 0.6 is 0 Å². The molecular formula is C14H30O4. The molecule has 0 atom stereocenters. The van der Waals surface area contributed by atoms with Crippen molar-refractivity contribution in [1.82, 2.24) is 0 Å². The molecule has 0 aliphatic carbocycles. The largest absolute Gasteiger partial charge is 0.481 e. The molecule has 0 fully saturated rings. The quantitative estimate of drug-likeness (QED) is 0.770. The average Bonchev–Trinajstić information content (AvgIpc) is 1.97. The van der Waals surface area contributed by atoms with E-state index in [2.05, 4.69) is 39.4 Å². The van der Waals surface area contributed by atoms with Crippen LogP contribution < -0.4 is 0 Å². The molecule has 0 aromatic carbocycles. The lowest BCUT2D eigenvalue weighted by molar-refractivity contribution is -0.140. The van der Waals surface area contributed by atoms with Crippen molar-refractivity contribution in [2.24, 2.45) is 11.3 Å². The van der Waals surface area contributed by atoms with Gasteiger partial charge in [-0.2, -0.15) is 0 Å². The second kappa shape index (κ2) is 12.4. The molecule has 0 heterocycles. The zero-order valence-corrected chi connectivity index (χ0v) is 13.2. The summed E-state index contributed by atoms with van der Waals surface area (Å²) in [4.78, 5) is 18.8. The molecule has 0 saturated carbocycles. The lowest BCUT2D eigenvalue weighted by Gasteiger charge is -2.19. The Balaban J connectivity index is -0.000000200. The van der Waals surface area contributed by atoms with Gasteiger partial charge in [0, 0.05) is 13.8 Å². The Morgan fingerprint density at radius 1 is 1.17 bits per heavy atom. The van der Waals surface area contributed by atoms with Crippen LogP contribution in [0.5, 0.6) is 0 Å². The molecule has 0 bridgehead atoms. The van der Waals surface area contributed by atoms with Crippen molar-refractivity contribution in [2.75, 3.05) is 6.61 Å². The molecule has 0 amide bonds. The van der Waals surface area contributed by atoms with Crippen LogP contribution in [-0.4, -0.2) is 23.7 Å². The maximum Gasteiger partial charge on any atom is 0.302 e. The molecule has 1 N–H and O–H groups in total. The van der Waals surface area contributed by atoms with E-state index in [0.717, 1.165) is 12.8 Å². The van der Waals surface area contributed by atoms with E-state index in [9.17, 15) is 4.79 Å². The van der Waals surface area contributed by atoms with E-state index in [4.69, 9.17) is 9.90 Å². The minimum absolute atomic E-state index is 0.211. The zero-order valence-electron chi connectivity index (χ0n) is 13.2. The molecule has 4 heteroatoms. The van der Waals surface area contributed by atoms with Gasteiger partial charge in [-0.25, -0.2) is 0 Å². The number of rotatable bonds is 2. The topological polar surface area (TPSA) is 63.6 Å². The standard InChI is InChI=1S/C8H18.C4H8O2.C2H4O2/c1-7(2)6-8(3,4)5;1-3-6-4(2)5;1-2(3)4/h7H,6H2,1-5H3;3H2,1-2H3;1H3,(H,3,4). The molecule has 0 aliphatic rings. The molecule has 18 heavy (non-hydrogen) atoms. The fourth-order valence-electron chi connectivity index (χ4n) is 1.43. The van der Waals surface area contributed by atoms with E-state index in [-0.39, 0.29) is 5.97 Å². The summed E-state index contributed by atoms with van der Waals surface area (Å²) in [6, 6.07) is 0. The third kappa shape index (κ3) is 60.3. The van der Waals surface area contributed by atoms with Gasteiger partial charge in [0.2, 0.25) is 0 Å². The van der Waals surface area contributed by atoms with E-state index in [1.54, 1.807) is 6.92 Å². The number of hydrogen-bond donors (Lipinski definition) is 1. The van der Waals surface area contributed by atoms with Crippen molar-refractivity contribution < 1.29 is 19.4 Å². The van der Waals surface area contributed by atoms with Crippen LogP contribution in [0.2, 0.25) is 0 Å². The smallest absolute Gasteiger partial charge is 0.302 e. The molecule has 0 saturated heterocycles. The average molecular weight is 262 g/mol. The molecule has 0 spiro atoms. The monoisotopic (exact) mass is 262 g/mol. The summed E-state index contributed by atoms with van der Waals surface area (Å²) in [5, 5.41) is 7.42. The van der Waals surface area contributed by atoms with Crippen LogP contribution in [0.1, 0.15) is 61.8 Å². The molecule has 4 nitrogen and oxygen atoms in total. The minimum atomic E-state index is -0.833. The van der Waals surface area contributed by atoms with Gasteiger partial charge in [0.15, 0.2) is 0 Å². The van der Waals surface area contributed by atoms with Crippen LogP contribution in [0.25, 0.3) is 0 Å². The lowest BCUT2D eigenvalue weighted by atomic mass is 9.86. The molecule has 0 aromatic rings. The van der Waals surface area contributed by atoms with Crippen LogP contribution in [0.4, 0.5) is 0 Å². The van der Waals surface area contributed by atoms with Gasteiger partial charge in [0.05, 0.1) is 6.61 Å². The van der Waals surface area contributed by atoms with Gasteiger partial charge in [-0.15, -0.1) is 0 Å². The predicted octanol–water partition coefficient (Wildman–Crippen LogP) is 3.74.